The number of carbonyl (C=O) groups is 1. The molecule has 0 saturated heterocycles. The highest BCUT2D eigenvalue weighted by atomic mass is 16.5. The van der Waals surface area contributed by atoms with E-state index in [0.29, 0.717) is 12.2 Å². The molecule has 0 bridgehead atoms. The van der Waals surface area contributed by atoms with Crippen molar-refractivity contribution < 1.29 is 9.53 Å². The summed E-state index contributed by atoms with van der Waals surface area (Å²) in [5.74, 6) is 0.584. The van der Waals surface area contributed by atoms with Gasteiger partial charge < -0.3 is 4.74 Å². The molecule has 2 heteroatoms. The van der Waals surface area contributed by atoms with E-state index in [1.807, 2.05) is 13.8 Å². The highest BCUT2D eigenvalue weighted by molar-refractivity contribution is 5.88. The van der Waals surface area contributed by atoms with E-state index >= 15 is 0 Å². The van der Waals surface area contributed by atoms with Crippen molar-refractivity contribution in [1.82, 2.24) is 0 Å². The number of rotatable bonds is 3. The second-order valence-electron chi connectivity index (χ2n) is 2.68. The monoisotopic (exact) mass is 142 g/mol. The Morgan fingerprint density at radius 3 is 2.70 bits per heavy atom. The molecular weight excluding hydrogens is 128 g/mol. The van der Waals surface area contributed by atoms with Gasteiger partial charge in [-0.15, -0.1) is 0 Å². The van der Waals surface area contributed by atoms with Crippen molar-refractivity contribution >= 4 is 5.78 Å². The van der Waals surface area contributed by atoms with Gasteiger partial charge in [0.2, 0.25) is 0 Å². The first-order valence-electron chi connectivity index (χ1n) is 3.93. The average molecular weight is 142 g/mol. The fourth-order valence-electron chi connectivity index (χ4n) is 1.42. The molecule has 0 heterocycles. The summed E-state index contributed by atoms with van der Waals surface area (Å²) < 4.78 is 5.33. The molecule has 1 aliphatic rings. The minimum absolute atomic E-state index is 0.208. The zero-order valence-corrected chi connectivity index (χ0v) is 6.59. The molecule has 10 heavy (non-hydrogen) atoms. The third-order valence-electron chi connectivity index (χ3n) is 2.09. The summed E-state index contributed by atoms with van der Waals surface area (Å²) in [6.45, 7) is 4.73. The predicted octanol–water partition coefficient (Wildman–Crippen LogP) is 1.39. The van der Waals surface area contributed by atoms with Crippen LogP contribution in [-0.2, 0) is 9.53 Å². The van der Waals surface area contributed by atoms with E-state index in [9.17, 15) is 4.79 Å². The van der Waals surface area contributed by atoms with E-state index in [1.54, 1.807) is 0 Å². The molecule has 2 atom stereocenters. The van der Waals surface area contributed by atoms with E-state index in [4.69, 9.17) is 4.74 Å². The fourth-order valence-corrected chi connectivity index (χ4v) is 1.42. The first kappa shape index (κ1) is 7.73. The van der Waals surface area contributed by atoms with Crippen LogP contribution in [0.25, 0.3) is 0 Å². The highest BCUT2D eigenvalue weighted by Gasteiger charge is 2.38. The van der Waals surface area contributed by atoms with E-state index in [0.717, 1.165) is 13.0 Å². The second-order valence-corrected chi connectivity index (χ2v) is 2.68. The Morgan fingerprint density at radius 2 is 2.30 bits per heavy atom. The lowest BCUT2D eigenvalue weighted by Crippen LogP contribution is -2.43. The maximum absolute atomic E-state index is 10.9. The van der Waals surface area contributed by atoms with Crippen molar-refractivity contribution in [1.29, 1.82) is 0 Å². The molecule has 1 aliphatic carbocycles. The fraction of sp³-hybridized carbons (Fsp3) is 0.875. The van der Waals surface area contributed by atoms with Crippen LogP contribution in [-0.4, -0.2) is 18.5 Å². The van der Waals surface area contributed by atoms with Crippen LogP contribution in [0, 0.1) is 5.92 Å². The van der Waals surface area contributed by atoms with E-state index in [1.165, 1.54) is 0 Å². The van der Waals surface area contributed by atoms with Gasteiger partial charge in [0.15, 0.2) is 0 Å². The molecule has 0 radical (unpaired) electrons. The number of hydrogen-bond donors (Lipinski definition) is 0. The largest absolute Gasteiger partial charge is 0.377 e. The molecule has 0 aromatic rings. The average Bonchev–Trinajstić information content (AvgIpc) is 1.88. The lowest BCUT2D eigenvalue weighted by molar-refractivity contribution is -0.144. The minimum atomic E-state index is 0.208. The quantitative estimate of drug-likeness (QED) is 0.595. The van der Waals surface area contributed by atoms with Gasteiger partial charge >= 0.3 is 0 Å². The number of ketones is 1. The Labute approximate surface area is 61.6 Å². The van der Waals surface area contributed by atoms with Crippen LogP contribution in [0.5, 0.6) is 0 Å². The molecule has 2 nitrogen and oxygen atoms in total. The van der Waals surface area contributed by atoms with Gasteiger partial charge in [-0.2, -0.15) is 0 Å². The summed E-state index contributed by atoms with van der Waals surface area (Å²) in [7, 11) is 0. The van der Waals surface area contributed by atoms with Crippen LogP contribution < -0.4 is 0 Å². The molecule has 58 valence electrons. The van der Waals surface area contributed by atoms with E-state index < -0.39 is 0 Å². The standard InChI is InChI=1S/C8H14O2/c1-3-6-7(9)5-8(6)10-4-2/h6,8H,3-5H2,1-2H3. The highest BCUT2D eigenvalue weighted by Crippen LogP contribution is 2.28. The molecule has 1 saturated carbocycles. The Balaban J connectivity index is 2.30. The van der Waals surface area contributed by atoms with Crippen LogP contribution in [0.3, 0.4) is 0 Å². The summed E-state index contributed by atoms with van der Waals surface area (Å²) in [4.78, 5) is 10.9. The Kier molecular flexibility index (Phi) is 2.44. The molecule has 1 fully saturated rings. The number of Topliss-reactive ketones (excluding diaryl/α,β-unsaturated/α-hetero) is 1. The first-order valence-corrected chi connectivity index (χ1v) is 3.93. The summed E-state index contributed by atoms with van der Waals surface area (Å²) in [5.41, 5.74) is 0. The molecule has 1 rings (SSSR count). The maximum Gasteiger partial charge on any atom is 0.141 e. The lowest BCUT2D eigenvalue weighted by Gasteiger charge is -2.33. The van der Waals surface area contributed by atoms with Gasteiger partial charge in [-0.25, -0.2) is 0 Å². The van der Waals surface area contributed by atoms with Gasteiger partial charge in [0.05, 0.1) is 6.10 Å². The number of hydrogen-bond acceptors (Lipinski definition) is 2. The zero-order chi connectivity index (χ0) is 7.56. The van der Waals surface area contributed by atoms with Crippen molar-refractivity contribution in [3.63, 3.8) is 0 Å². The maximum atomic E-state index is 10.9. The summed E-state index contributed by atoms with van der Waals surface area (Å²) in [6, 6.07) is 0. The van der Waals surface area contributed by atoms with Gasteiger partial charge in [-0.1, -0.05) is 6.92 Å². The SMILES string of the molecule is CCOC1CC(=O)C1CC. The molecule has 0 amide bonds. The molecule has 0 aromatic carbocycles. The van der Waals surface area contributed by atoms with E-state index in [-0.39, 0.29) is 12.0 Å². The first-order chi connectivity index (χ1) is 4.79. The number of ether oxygens (including phenoxy) is 1. The zero-order valence-electron chi connectivity index (χ0n) is 6.59. The van der Waals surface area contributed by atoms with Crippen LogP contribution >= 0.6 is 0 Å². The van der Waals surface area contributed by atoms with Gasteiger partial charge in [0.1, 0.15) is 5.78 Å². The normalized spacial score (nSPS) is 32.0. The molecule has 0 N–H and O–H groups in total. The second kappa shape index (κ2) is 3.15. The van der Waals surface area contributed by atoms with Crippen molar-refractivity contribution in [2.75, 3.05) is 6.61 Å². The molecular formula is C8H14O2. The van der Waals surface area contributed by atoms with Gasteiger partial charge in [0.25, 0.3) is 0 Å². The molecule has 2 unspecified atom stereocenters. The van der Waals surface area contributed by atoms with Crippen molar-refractivity contribution in [2.45, 2.75) is 32.8 Å². The van der Waals surface area contributed by atoms with Crippen LogP contribution in [0.15, 0.2) is 0 Å². The summed E-state index contributed by atoms with van der Waals surface area (Å²) in [6.07, 6.45) is 1.82. The Hall–Kier alpha value is -0.370. The predicted molar refractivity (Wildman–Crippen MR) is 38.8 cm³/mol. The van der Waals surface area contributed by atoms with Gasteiger partial charge in [-0.05, 0) is 13.3 Å². The van der Waals surface area contributed by atoms with Crippen molar-refractivity contribution in [3.05, 3.63) is 0 Å². The third-order valence-corrected chi connectivity index (χ3v) is 2.09. The van der Waals surface area contributed by atoms with Crippen molar-refractivity contribution in [2.24, 2.45) is 5.92 Å². The lowest BCUT2D eigenvalue weighted by atomic mass is 9.78. The van der Waals surface area contributed by atoms with Crippen LogP contribution in [0.4, 0.5) is 0 Å². The van der Waals surface area contributed by atoms with Gasteiger partial charge in [0, 0.05) is 18.9 Å². The summed E-state index contributed by atoms with van der Waals surface area (Å²) in [5, 5.41) is 0. The van der Waals surface area contributed by atoms with Gasteiger partial charge in [-0.3, -0.25) is 4.79 Å². The van der Waals surface area contributed by atoms with Crippen LogP contribution in [0.2, 0.25) is 0 Å². The molecule has 0 aliphatic heterocycles. The minimum Gasteiger partial charge on any atom is -0.377 e. The third kappa shape index (κ3) is 1.21. The Morgan fingerprint density at radius 1 is 1.60 bits per heavy atom. The molecule has 0 aromatic heterocycles. The smallest absolute Gasteiger partial charge is 0.141 e. The van der Waals surface area contributed by atoms with Crippen molar-refractivity contribution in [3.8, 4) is 0 Å². The number of carbonyl (C=O) groups excluding carboxylic acids is 1. The molecule has 0 spiro atoms. The topological polar surface area (TPSA) is 26.3 Å². The Bertz CT molecular complexity index is 131. The summed E-state index contributed by atoms with van der Waals surface area (Å²) >= 11 is 0. The van der Waals surface area contributed by atoms with E-state index in [2.05, 4.69) is 0 Å². The van der Waals surface area contributed by atoms with Crippen LogP contribution in [0.1, 0.15) is 26.7 Å².